The van der Waals surface area contributed by atoms with Crippen molar-refractivity contribution in [2.75, 3.05) is 44.1 Å². The molecule has 0 aliphatic carbocycles. The Morgan fingerprint density at radius 3 is 2.24 bits per heavy atom. The van der Waals surface area contributed by atoms with E-state index in [1.54, 1.807) is 12.1 Å². The molecule has 3 atom stereocenters. The number of hydrogen-bond donors (Lipinski definition) is 2. The summed E-state index contributed by atoms with van der Waals surface area (Å²) in [6.45, 7) is 4.44. The van der Waals surface area contributed by atoms with E-state index in [4.69, 9.17) is 26.7 Å². The fraction of sp³-hybridized carbons (Fsp3) is 0.345. The highest BCUT2D eigenvalue weighted by molar-refractivity contribution is 6.30. The zero-order valence-electron chi connectivity index (χ0n) is 21.1. The molecular weight excluding hydrogens is 509 g/mol. The molecule has 1 unspecified atom stereocenters. The maximum Gasteiger partial charge on any atom is 0.119 e. The van der Waals surface area contributed by atoms with Crippen LogP contribution in [-0.4, -0.2) is 60.4 Å². The highest BCUT2D eigenvalue weighted by atomic mass is 35.5. The Hall–Kier alpha value is -2.79. The van der Waals surface area contributed by atoms with Crippen LogP contribution in [-0.2, 0) is 0 Å². The summed E-state index contributed by atoms with van der Waals surface area (Å²) in [5.74, 6) is 0.725. The number of β-amino-alcohol motifs (C(OH)–C–C–N with tert-alkyl or cyclic N) is 1. The van der Waals surface area contributed by atoms with Crippen LogP contribution < -0.4 is 9.64 Å². The van der Waals surface area contributed by atoms with Crippen molar-refractivity contribution in [1.82, 2.24) is 4.90 Å². The minimum absolute atomic E-state index is 0.0197. The number of aliphatic hydroxyl groups excluding tert-OH is 2. The van der Waals surface area contributed by atoms with Crippen LogP contribution in [0.5, 0.6) is 5.75 Å². The fourth-order valence-electron chi connectivity index (χ4n) is 4.54. The standard InChI is InChI=1S/C28H30ClN3O3.CH3Cl/c1-20-17-32(25-10-12-26(13-11-25)35-15-14-33)27(22-6-8-24(29)9-7-22)18-31(20)19-28(34)23-4-2-21(16-30)3-5-23;1-2/h2-13,20,27-28,33-34H,14-15,17-19H2,1H3;1H3/t20-,27+,28?;/m1./s1. The molecular formula is C29H33Cl2N3O3. The number of rotatable bonds is 8. The third kappa shape index (κ3) is 7.61. The number of benzene rings is 3. The first kappa shape index (κ1) is 28.8. The highest BCUT2D eigenvalue weighted by Crippen LogP contribution is 2.35. The number of ether oxygens (including phenoxy) is 1. The monoisotopic (exact) mass is 541 g/mol. The van der Waals surface area contributed by atoms with Crippen LogP contribution in [0.1, 0.15) is 35.8 Å². The number of halogens is 2. The molecule has 6 nitrogen and oxygen atoms in total. The average molecular weight is 543 g/mol. The molecule has 1 saturated heterocycles. The first-order chi connectivity index (χ1) is 18.0. The number of nitrogens with zero attached hydrogens (tertiary/aromatic N) is 3. The largest absolute Gasteiger partial charge is 0.491 e. The number of anilines is 1. The molecule has 3 aromatic rings. The van der Waals surface area contributed by atoms with Crippen molar-refractivity contribution in [3.63, 3.8) is 0 Å². The van der Waals surface area contributed by atoms with Crippen LogP contribution in [0.2, 0.25) is 5.02 Å². The van der Waals surface area contributed by atoms with Gasteiger partial charge in [-0.1, -0.05) is 35.9 Å². The van der Waals surface area contributed by atoms with Crippen LogP contribution >= 0.6 is 23.2 Å². The minimum atomic E-state index is -0.648. The Morgan fingerprint density at radius 1 is 1.00 bits per heavy atom. The summed E-state index contributed by atoms with van der Waals surface area (Å²) in [6, 6.07) is 25.4. The quantitative estimate of drug-likeness (QED) is 0.370. The molecule has 3 aromatic carbocycles. The van der Waals surface area contributed by atoms with E-state index < -0.39 is 6.10 Å². The van der Waals surface area contributed by atoms with Gasteiger partial charge in [0.05, 0.1) is 30.4 Å². The summed E-state index contributed by atoms with van der Waals surface area (Å²) in [5, 5.41) is 29.7. The van der Waals surface area contributed by atoms with Crippen molar-refractivity contribution in [2.45, 2.75) is 25.1 Å². The van der Waals surface area contributed by atoms with Crippen molar-refractivity contribution < 1.29 is 14.9 Å². The predicted molar refractivity (Wildman–Crippen MR) is 149 cm³/mol. The molecule has 0 radical (unpaired) electrons. The third-order valence-electron chi connectivity index (χ3n) is 6.48. The summed E-state index contributed by atoms with van der Waals surface area (Å²) in [6.07, 6.45) is 0.825. The molecule has 1 fully saturated rings. The second kappa shape index (κ2) is 14.2. The van der Waals surface area contributed by atoms with E-state index in [0.717, 1.165) is 35.7 Å². The number of aliphatic hydroxyl groups is 2. The number of hydrogen-bond acceptors (Lipinski definition) is 6. The lowest BCUT2D eigenvalue weighted by Gasteiger charge is -2.47. The topological polar surface area (TPSA) is 80.0 Å². The third-order valence-corrected chi connectivity index (χ3v) is 6.74. The Kier molecular flexibility index (Phi) is 11.1. The molecule has 0 amide bonds. The van der Waals surface area contributed by atoms with E-state index in [1.165, 1.54) is 6.38 Å². The average Bonchev–Trinajstić information content (AvgIpc) is 2.94. The van der Waals surface area contributed by atoms with Gasteiger partial charge in [-0.3, -0.25) is 4.90 Å². The Morgan fingerprint density at radius 2 is 1.65 bits per heavy atom. The lowest BCUT2D eigenvalue weighted by atomic mass is 9.97. The molecule has 8 heteroatoms. The molecule has 2 N–H and O–H groups in total. The predicted octanol–water partition coefficient (Wildman–Crippen LogP) is 5.42. The molecule has 1 heterocycles. The molecule has 0 spiro atoms. The normalized spacial score (nSPS) is 18.4. The van der Waals surface area contributed by atoms with E-state index in [9.17, 15) is 5.11 Å². The van der Waals surface area contributed by atoms with Crippen molar-refractivity contribution in [2.24, 2.45) is 0 Å². The maximum absolute atomic E-state index is 10.9. The number of piperazine rings is 1. The maximum atomic E-state index is 10.9. The van der Waals surface area contributed by atoms with Crippen LogP contribution in [0.4, 0.5) is 5.69 Å². The van der Waals surface area contributed by atoms with Crippen LogP contribution in [0.3, 0.4) is 0 Å². The zero-order valence-corrected chi connectivity index (χ0v) is 22.6. The molecule has 196 valence electrons. The van der Waals surface area contributed by atoms with Gasteiger partial charge in [-0.2, -0.15) is 5.26 Å². The summed E-state index contributed by atoms with van der Waals surface area (Å²) in [5.41, 5.74) is 3.62. The van der Waals surface area contributed by atoms with Crippen LogP contribution in [0.25, 0.3) is 0 Å². The molecule has 0 bridgehead atoms. The molecule has 0 aromatic heterocycles. The van der Waals surface area contributed by atoms with Crippen molar-refractivity contribution in [1.29, 1.82) is 5.26 Å². The summed E-state index contributed by atoms with van der Waals surface area (Å²) >= 11 is 10.8. The number of nitriles is 1. The van der Waals surface area contributed by atoms with Gasteiger partial charge < -0.3 is 19.8 Å². The first-order valence-electron chi connectivity index (χ1n) is 12.1. The molecule has 1 aliphatic rings. The highest BCUT2D eigenvalue weighted by Gasteiger charge is 2.33. The van der Waals surface area contributed by atoms with E-state index >= 15 is 0 Å². The van der Waals surface area contributed by atoms with Gasteiger partial charge >= 0.3 is 0 Å². The Labute approximate surface area is 229 Å². The SMILES string of the molecule is CCl.C[C@@H]1CN(c2ccc(OCCO)cc2)[C@H](c2ccc(Cl)cc2)CN1CC(O)c1ccc(C#N)cc1. The first-order valence-corrected chi connectivity index (χ1v) is 13.3. The van der Waals surface area contributed by atoms with Gasteiger partial charge in [0.25, 0.3) is 0 Å². The Bertz CT molecular complexity index is 1140. The van der Waals surface area contributed by atoms with Crippen molar-refractivity contribution in [3.8, 4) is 11.8 Å². The second-order valence-electron chi connectivity index (χ2n) is 8.84. The Balaban J connectivity index is 0.00000186. The zero-order chi connectivity index (χ0) is 26.8. The summed E-state index contributed by atoms with van der Waals surface area (Å²) in [4.78, 5) is 4.70. The number of alkyl halides is 1. The molecule has 37 heavy (non-hydrogen) atoms. The van der Waals surface area contributed by atoms with Gasteiger partial charge in [0, 0.05) is 42.8 Å². The van der Waals surface area contributed by atoms with E-state index in [2.05, 4.69) is 46.5 Å². The smallest absolute Gasteiger partial charge is 0.119 e. The molecule has 1 aliphatic heterocycles. The van der Waals surface area contributed by atoms with Gasteiger partial charge in [-0.15, -0.1) is 11.6 Å². The van der Waals surface area contributed by atoms with Crippen LogP contribution in [0.15, 0.2) is 72.8 Å². The fourth-order valence-corrected chi connectivity index (χ4v) is 4.67. The van der Waals surface area contributed by atoms with Gasteiger partial charge in [-0.25, -0.2) is 0 Å². The lowest BCUT2D eigenvalue weighted by molar-refractivity contribution is 0.0740. The minimum Gasteiger partial charge on any atom is -0.491 e. The van der Waals surface area contributed by atoms with Gasteiger partial charge in [0.15, 0.2) is 0 Å². The van der Waals surface area contributed by atoms with E-state index in [0.29, 0.717) is 17.1 Å². The molecule has 0 saturated carbocycles. The van der Waals surface area contributed by atoms with E-state index in [1.807, 2.05) is 48.5 Å². The van der Waals surface area contributed by atoms with Crippen molar-refractivity contribution in [3.05, 3.63) is 94.5 Å². The summed E-state index contributed by atoms with van der Waals surface area (Å²) < 4.78 is 5.52. The van der Waals surface area contributed by atoms with Gasteiger partial charge in [0.1, 0.15) is 12.4 Å². The van der Waals surface area contributed by atoms with Gasteiger partial charge in [0.2, 0.25) is 0 Å². The molecule has 4 rings (SSSR count). The second-order valence-corrected chi connectivity index (χ2v) is 9.27. The van der Waals surface area contributed by atoms with Crippen LogP contribution in [0, 0.1) is 11.3 Å². The lowest BCUT2D eigenvalue weighted by Crippen LogP contribution is -2.54. The summed E-state index contributed by atoms with van der Waals surface area (Å²) in [7, 11) is 0. The van der Waals surface area contributed by atoms with Crippen molar-refractivity contribution >= 4 is 28.9 Å². The van der Waals surface area contributed by atoms with E-state index in [-0.39, 0.29) is 25.3 Å². The van der Waals surface area contributed by atoms with Gasteiger partial charge in [-0.05, 0) is 66.6 Å².